The molecule has 0 saturated carbocycles. The lowest BCUT2D eigenvalue weighted by Gasteiger charge is -2.19. The number of carbonyl (C=O) groups is 2. The van der Waals surface area contributed by atoms with Crippen molar-refractivity contribution in [3.63, 3.8) is 0 Å². The maximum atomic E-state index is 11.9. The van der Waals surface area contributed by atoms with Gasteiger partial charge in [0.1, 0.15) is 0 Å². The monoisotopic (exact) mass is 380 g/mol. The van der Waals surface area contributed by atoms with E-state index in [0.29, 0.717) is 12.8 Å². The van der Waals surface area contributed by atoms with E-state index in [0.717, 1.165) is 12.8 Å². The number of unbranched alkanes of at least 4 members (excludes halogenated alkanes) is 13. The Morgan fingerprint density at radius 2 is 1.19 bits per heavy atom. The van der Waals surface area contributed by atoms with Crippen LogP contribution in [0.2, 0.25) is 0 Å². The number of ether oxygens (including phenoxy) is 1. The molecule has 0 aliphatic heterocycles. The molecule has 0 bridgehead atoms. The molecule has 0 radical (unpaired) electrons. The lowest BCUT2D eigenvalue weighted by atomic mass is 9.90. The Morgan fingerprint density at radius 3 is 1.59 bits per heavy atom. The summed E-state index contributed by atoms with van der Waals surface area (Å²) in [5.74, 6) is -0.839. The number of allylic oxidation sites excluding steroid dienone is 1. The van der Waals surface area contributed by atoms with Gasteiger partial charge in [0.2, 0.25) is 0 Å². The van der Waals surface area contributed by atoms with Crippen molar-refractivity contribution in [2.24, 2.45) is 5.41 Å². The number of hydrogen-bond acceptors (Lipinski definition) is 3. The molecule has 3 heteroatoms. The SMILES string of the molecule is C=CCC(C)(C)C(=O)OC(=O)CCCCCCCCCCCCCCCC. The molecule has 0 fully saturated rings. The van der Waals surface area contributed by atoms with Crippen LogP contribution < -0.4 is 0 Å². The van der Waals surface area contributed by atoms with Crippen molar-refractivity contribution >= 4 is 11.9 Å². The molecule has 0 aromatic heterocycles. The van der Waals surface area contributed by atoms with Crippen molar-refractivity contribution in [2.45, 2.75) is 124 Å². The van der Waals surface area contributed by atoms with E-state index in [2.05, 4.69) is 13.5 Å². The van der Waals surface area contributed by atoms with Gasteiger partial charge in [-0.15, -0.1) is 6.58 Å². The maximum Gasteiger partial charge on any atom is 0.319 e. The van der Waals surface area contributed by atoms with E-state index in [4.69, 9.17) is 4.74 Å². The first kappa shape index (κ1) is 25.9. The molecule has 0 saturated heterocycles. The van der Waals surface area contributed by atoms with Crippen LogP contribution in [-0.2, 0) is 14.3 Å². The quantitative estimate of drug-likeness (QED) is 0.107. The largest absolute Gasteiger partial charge is 0.393 e. The minimum Gasteiger partial charge on any atom is -0.393 e. The van der Waals surface area contributed by atoms with E-state index in [9.17, 15) is 9.59 Å². The number of carbonyl (C=O) groups excluding carboxylic acids is 2. The predicted molar refractivity (Wildman–Crippen MR) is 115 cm³/mol. The maximum absolute atomic E-state index is 11.9. The lowest BCUT2D eigenvalue weighted by molar-refractivity contribution is -0.166. The fourth-order valence-corrected chi connectivity index (χ4v) is 3.20. The average Bonchev–Trinajstić information content (AvgIpc) is 2.62. The van der Waals surface area contributed by atoms with Gasteiger partial charge in [0.15, 0.2) is 0 Å². The summed E-state index contributed by atoms with van der Waals surface area (Å²) in [6.45, 7) is 9.45. The minimum absolute atomic E-state index is 0.341. The second kappa shape index (κ2) is 17.0. The van der Waals surface area contributed by atoms with Crippen LogP contribution in [0.15, 0.2) is 12.7 Å². The fraction of sp³-hybridized carbons (Fsp3) is 0.833. The van der Waals surface area contributed by atoms with Crippen LogP contribution in [-0.4, -0.2) is 11.9 Å². The third-order valence-corrected chi connectivity index (χ3v) is 5.15. The number of esters is 2. The smallest absolute Gasteiger partial charge is 0.319 e. The molecule has 158 valence electrons. The van der Waals surface area contributed by atoms with E-state index < -0.39 is 17.4 Å². The van der Waals surface area contributed by atoms with Gasteiger partial charge in [0.25, 0.3) is 0 Å². The summed E-state index contributed by atoms with van der Waals surface area (Å²) < 4.78 is 4.96. The average molecular weight is 381 g/mol. The van der Waals surface area contributed by atoms with Gasteiger partial charge in [-0.2, -0.15) is 0 Å². The zero-order valence-electron chi connectivity index (χ0n) is 18.3. The van der Waals surface area contributed by atoms with Crippen molar-refractivity contribution in [3.8, 4) is 0 Å². The predicted octanol–water partition coefficient (Wildman–Crippen LogP) is 7.53. The van der Waals surface area contributed by atoms with Gasteiger partial charge in [-0.25, -0.2) is 0 Å². The molecule has 0 aromatic carbocycles. The van der Waals surface area contributed by atoms with Gasteiger partial charge in [-0.3, -0.25) is 9.59 Å². The highest BCUT2D eigenvalue weighted by atomic mass is 16.6. The molecule has 0 atom stereocenters. The summed E-state index contributed by atoms with van der Waals surface area (Å²) in [7, 11) is 0. The van der Waals surface area contributed by atoms with Crippen LogP contribution in [0.1, 0.15) is 124 Å². The molecule has 0 aliphatic carbocycles. The topological polar surface area (TPSA) is 43.4 Å². The highest BCUT2D eigenvalue weighted by Crippen LogP contribution is 2.23. The molecule has 3 nitrogen and oxygen atoms in total. The van der Waals surface area contributed by atoms with Crippen LogP contribution in [0, 0.1) is 5.41 Å². The summed E-state index contributed by atoms with van der Waals surface area (Å²) in [6, 6.07) is 0. The Hall–Kier alpha value is -1.12. The van der Waals surface area contributed by atoms with E-state index in [1.165, 1.54) is 77.0 Å². The molecule has 0 spiro atoms. The van der Waals surface area contributed by atoms with Gasteiger partial charge in [0.05, 0.1) is 5.41 Å². The highest BCUT2D eigenvalue weighted by molar-refractivity contribution is 5.88. The van der Waals surface area contributed by atoms with Crippen LogP contribution in [0.4, 0.5) is 0 Å². The first-order valence-corrected chi connectivity index (χ1v) is 11.3. The van der Waals surface area contributed by atoms with E-state index in [-0.39, 0.29) is 0 Å². The Labute approximate surface area is 168 Å². The number of hydrogen-bond donors (Lipinski definition) is 0. The van der Waals surface area contributed by atoms with E-state index in [1.54, 1.807) is 19.9 Å². The normalized spacial score (nSPS) is 11.4. The van der Waals surface area contributed by atoms with Crippen molar-refractivity contribution in [1.29, 1.82) is 0 Å². The molecule has 0 N–H and O–H groups in total. The molecular formula is C24H44O3. The first-order chi connectivity index (χ1) is 12.9. The third kappa shape index (κ3) is 15.6. The molecule has 0 unspecified atom stereocenters. The summed E-state index contributed by atoms with van der Waals surface area (Å²) in [6.07, 6.45) is 20.5. The first-order valence-electron chi connectivity index (χ1n) is 11.3. The minimum atomic E-state index is -0.674. The van der Waals surface area contributed by atoms with Crippen molar-refractivity contribution in [1.82, 2.24) is 0 Å². The Bertz CT molecular complexity index is 398. The molecule has 0 aliphatic rings. The summed E-state index contributed by atoms with van der Waals surface area (Å²) >= 11 is 0. The lowest BCUT2D eigenvalue weighted by Crippen LogP contribution is -2.28. The van der Waals surface area contributed by atoms with Crippen LogP contribution in [0.25, 0.3) is 0 Å². The van der Waals surface area contributed by atoms with Gasteiger partial charge in [0, 0.05) is 6.42 Å². The third-order valence-electron chi connectivity index (χ3n) is 5.15. The summed E-state index contributed by atoms with van der Waals surface area (Å²) in [4.78, 5) is 23.7. The molecule has 27 heavy (non-hydrogen) atoms. The van der Waals surface area contributed by atoms with Crippen molar-refractivity contribution < 1.29 is 14.3 Å². The van der Waals surface area contributed by atoms with E-state index >= 15 is 0 Å². The second-order valence-corrected chi connectivity index (χ2v) is 8.48. The van der Waals surface area contributed by atoms with Gasteiger partial charge in [-0.1, -0.05) is 96.5 Å². The van der Waals surface area contributed by atoms with Gasteiger partial charge >= 0.3 is 11.9 Å². The van der Waals surface area contributed by atoms with Crippen LogP contribution in [0.5, 0.6) is 0 Å². The molecule has 0 aromatic rings. The van der Waals surface area contributed by atoms with Crippen molar-refractivity contribution in [3.05, 3.63) is 12.7 Å². The van der Waals surface area contributed by atoms with Gasteiger partial charge in [-0.05, 0) is 26.7 Å². The molecular weight excluding hydrogens is 336 g/mol. The second-order valence-electron chi connectivity index (χ2n) is 8.48. The number of rotatable bonds is 18. The molecule has 0 heterocycles. The standard InChI is InChI=1S/C24H44O3/c1-5-7-8-9-10-11-12-13-14-15-16-17-18-19-20-22(25)27-23(26)24(3,4)21-6-2/h6H,2,5,7-21H2,1,3-4H3. The molecule has 0 rings (SSSR count). The fourth-order valence-electron chi connectivity index (χ4n) is 3.20. The van der Waals surface area contributed by atoms with Gasteiger partial charge < -0.3 is 4.74 Å². The zero-order chi connectivity index (χ0) is 20.4. The summed E-state index contributed by atoms with van der Waals surface area (Å²) in [5.41, 5.74) is -0.674. The van der Waals surface area contributed by atoms with Crippen LogP contribution in [0.3, 0.4) is 0 Å². The Balaban J connectivity index is 3.43. The molecule has 0 amide bonds. The summed E-state index contributed by atoms with van der Waals surface area (Å²) in [5, 5.41) is 0. The van der Waals surface area contributed by atoms with Crippen LogP contribution >= 0.6 is 0 Å². The van der Waals surface area contributed by atoms with E-state index in [1.807, 2.05) is 0 Å². The zero-order valence-corrected chi connectivity index (χ0v) is 18.3. The van der Waals surface area contributed by atoms with Crippen molar-refractivity contribution in [2.75, 3.05) is 0 Å². The Kier molecular flexibility index (Phi) is 16.3. The highest BCUT2D eigenvalue weighted by Gasteiger charge is 2.29. The Morgan fingerprint density at radius 1 is 0.778 bits per heavy atom.